The maximum absolute atomic E-state index is 5.72. The Morgan fingerprint density at radius 1 is 1.41 bits per heavy atom. The number of nitrogens with one attached hydrogen (secondary N) is 1. The molecule has 0 aromatic carbocycles. The minimum atomic E-state index is 0.0793. The molecule has 2 heterocycles. The standard InChI is InChI=1S/C13H22N2O2/c1-13(2,3)15-9-12-14-8-11(17-12)10-6-4-5-7-16-10/h8,10,15H,4-7,9H2,1-3H3. The lowest BCUT2D eigenvalue weighted by molar-refractivity contribution is 0.00118. The number of aromatic nitrogens is 1. The van der Waals surface area contributed by atoms with Gasteiger partial charge in [-0.05, 0) is 40.0 Å². The summed E-state index contributed by atoms with van der Waals surface area (Å²) in [6.07, 6.45) is 5.32. The van der Waals surface area contributed by atoms with E-state index in [0.29, 0.717) is 6.54 Å². The van der Waals surface area contributed by atoms with Crippen molar-refractivity contribution in [3.8, 4) is 0 Å². The fourth-order valence-electron chi connectivity index (χ4n) is 1.86. The number of ether oxygens (including phenoxy) is 1. The van der Waals surface area contributed by atoms with Gasteiger partial charge in [0.15, 0.2) is 5.76 Å². The monoisotopic (exact) mass is 238 g/mol. The minimum Gasteiger partial charge on any atom is -0.442 e. The van der Waals surface area contributed by atoms with Crippen molar-refractivity contribution in [1.82, 2.24) is 10.3 Å². The first kappa shape index (κ1) is 12.6. The Kier molecular flexibility index (Phi) is 3.84. The normalized spacial score (nSPS) is 21.7. The second kappa shape index (κ2) is 5.19. The average Bonchev–Trinajstić information content (AvgIpc) is 2.75. The summed E-state index contributed by atoms with van der Waals surface area (Å²) in [6, 6.07) is 0. The average molecular weight is 238 g/mol. The number of hydrogen-bond acceptors (Lipinski definition) is 4. The summed E-state index contributed by atoms with van der Waals surface area (Å²) in [5.41, 5.74) is 0.0793. The molecule has 1 unspecified atom stereocenters. The molecule has 0 bridgehead atoms. The fourth-order valence-corrected chi connectivity index (χ4v) is 1.86. The molecular weight excluding hydrogens is 216 g/mol. The highest BCUT2D eigenvalue weighted by molar-refractivity contribution is 4.99. The molecule has 0 aliphatic carbocycles. The summed E-state index contributed by atoms with van der Waals surface area (Å²) < 4.78 is 11.4. The largest absolute Gasteiger partial charge is 0.442 e. The zero-order valence-corrected chi connectivity index (χ0v) is 11.0. The van der Waals surface area contributed by atoms with Crippen LogP contribution >= 0.6 is 0 Å². The lowest BCUT2D eigenvalue weighted by Gasteiger charge is -2.20. The van der Waals surface area contributed by atoms with Crippen molar-refractivity contribution >= 4 is 0 Å². The van der Waals surface area contributed by atoms with Gasteiger partial charge < -0.3 is 14.5 Å². The van der Waals surface area contributed by atoms with Crippen LogP contribution in [0, 0.1) is 0 Å². The Hall–Kier alpha value is -0.870. The minimum absolute atomic E-state index is 0.0793. The molecule has 1 aromatic rings. The van der Waals surface area contributed by atoms with E-state index in [1.807, 2.05) is 0 Å². The molecule has 96 valence electrons. The van der Waals surface area contributed by atoms with Gasteiger partial charge in [0.05, 0.1) is 12.7 Å². The molecule has 1 aliphatic rings. The van der Waals surface area contributed by atoms with Crippen molar-refractivity contribution < 1.29 is 9.15 Å². The number of rotatable bonds is 3. The molecule has 4 heteroatoms. The first-order valence-corrected chi connectivity index (χ1v) is 6.36. The number of oxazole rings is 1. The van der Waals surface area contributed by atoms with E-state index in [9.17, 15) is 0 Å². The first-order valence-electron chi connectivity index (χ1n) is 6.36. The van der Waals surface area contributed by atoms with Crippen LogP contribution in [0.3, 0.4) is 0 Å². The van der Waals surface area contributed by atoms with Crippen LogP contribution in [-0.4, -0.2) is 17.1 Å². The van der Waals surface area contributed by atoms with Gasteiger partial charge in [-0.25, -0.2) is 4.98 Å². The maximum atomic E-state index is 5.72. The Bertz CT molecular complexity index is 349. The Labute approximate surface area is 103 Å². The van der Waals surface area contributed by atoms with Crippen LogP contribution in [-0.2, 0) is 11.3 Å². The van der Waals surface area contributed by atoms with Crippen molar-refractivity contribution in [3.63, 3.8) is 0 Å². The third-order valence-corrected chi connectivity index (χ3v) is 2.84. The Balaban J connectivity index is 1.91. The van der Waals surface area contributed by atoms with Gasteiger partial charge in [-0.3, -0.25) is 0 Å². The van der Waals surface area contributed by atoms with E-state index in [-0.39, 0.29) is 11.6 Å². The molecule has 1 atom stereocenters. The summed E-state index contributed by atoms with van der Waals surface area (Å²) in [6.45, 7) is 7.88. The van der Waals surface area contributed by atoms with Crippen LogP contribution in [0.25, 0.3) is 0 Å². The molecular formula is C13H22N2O2. The van der Waals surface area contributed by atoms with Gasteiger partial charge >= 0.3 is 0 Å². The summed E-state index contributed by atoms with van der Waals surface area (Å²) in [5, 5.41) is 3.36. The van der Waals surface area contributed by atoms with Crippen LogP contribution in [0.5, 0.6) is 0 Å². The highest BCUT2D eigenvalue weighted by atomic mass is 16.5. The van der Waals surface area contributed by atoms with Crippen LogP contribution < -0.4 is 5.32 Å². The van der Waals surface area contributed by atoms with Gasteiger partial charge in [0.2, 0.25) is 5.89 Å². The zero-order chi connectivity index (χ0) is 12.3. The van der Waals surface area contributed by atoms with E-state index >= 15 is 0 Å². The molecule has 1 aliphatic heterocycles. The van der Waals surface area contributed by atoms with Gasteiger partial charge in [-0.15, -0.1) is 0 Å². The van der Waals surface area contributed by atoms with Crippen LogP contribution in [0.2, 0.25) is 0 Å². The predicted molar refractivity (Wildman–Crippen MR) is 65.6 cm³/mol. The third kappa shape index (κ3) is 3.82. The van der Waals surface area contributed by atoms with Gasteiger partial charge in [-0.1, -0.05) is 0 Å². The maximum Gasteiger partial charge on any atom is 0.208 e. The lowest BCUT2D eigenvalue weighted by atomic mass is 10.1. The van der Waals surface area contributed by atoms with Crippen molar-refractivity contribution in [2.75, 3.05) is 6.61 Å². The molecule has 2 rings (SSSR count). The van der Waals surface area contributed by atoms with E-state index in [0.717, 1.165) is 31.1 Å². The molecule has 17 heavy (non-hydrogen) atoms. The fraction of sp³-hybridized carbons (Fsp3) is 0.769. The van der Waals surface area contributed by atoms with Crippen molar-refractivity contribution in [2.45, 2.75) is 58.2 Å². The highest BCUT2D eigenvalue weighted by Gasteiger charge is 2.20. The van der Waals surface area contributed by atoms with E-state index < -0.39 is 0 Å². The molecule has 1 aromatic heterocycles. The lowest BCUT2D eigenvalue weighted by Crippen LogP contribution is -2.35. The first-order chi connectivity index (χ1) is 8.04. The molecule has 0 amide bonds. The molecule has 1 N–H and O–H groups in total. The van der Waals surface area contributed by atoms with Gasteiger partial charge in [-0.2, -0.15) is 0 Å². The van der Waals surface area contributed by atoms with Crippen LogP contribution in [0.15, 0.2) is 10.6 Å². The topological polar surface area (TPSA) is 47.3 Å². The second-order valence-electron chi connectivity index (χ2n) is 5.62. The van der Waals surface area contributed by atoms with Crippen molar-refractivity contribution in [2.24, 2.45) is 0 Å². The SMILES string of the molecule is CC(C)(C)NCc1ncc(C2CCCCO2)o1. The molecule has 0 radical (unpaired) electrons. The van der Waals surface area contributed by atoms with Crippen LogP contribution in [0.4, 0.5) is 0 Å². The quantitative estimate of drug-likeness (QED) is 0.879. The molecule has 4 nitrogen and oxygen atoms in total. The Morgan fingerprint density at radius 3 is 2.88 bits per heavy atom. The van der Waals surface area contributed by atoms with Crippen molar-refractivity contribution in [3.05, 3.63) is 17.8 Å². The van der Waals surface area contributed by atoms with Crippen molar-refractivity contribution in [1.29, 1.82) is 0 Å². The highest BCUT2D eigenvalue weighted by Crippen LogP contribution is 2.28. The van der Waals surface area contributed by atoms with Crippen LogP contribution in [0.1, 0.15) is 57.8 Å². The molecule has 0 spiro atoms. The van der Waals surface area contributed by atoms with E-state index in [1.165, 1.54) is 6.42 Å². The summed E-state index contributed by atoms with van der Waals surface area (Å²) >= 11 is 0. The summed E-state index contributed by atoms with van der Waals surface area (Å²) in [7, 11) is 0. The number of nitrogens with zero attached hydrogens (tertiary/aromatic N) is 1. The second-order valence-corrected chi connectivity index (χ2v) is 5.62. The van der Waals surface area contributed by atoms with E-state index in [1.54, 1.807) is 6.20 Å². The zero-order valence-electron chi connectivity index (χ0n) is 11.0. The Morgan fingerprint density at radius 2 is 2.24 bits per heavy atom. The predicted octanol–water partition coefficient (Wildman–Crippen LogP) is 2.80. The smallest absolute Gasteiger partial charge is 0.208 e. The van der Waals surface area contributed by atoms with Gasteiger partial charge in [0.25, 0.3) is 0 Å². The van der Waals surface area contributed by atoms with Gasteiger partial charge in [0, 0.05) is 12.1 Å². The van der Waals surface area contributed by atoms with Gasteiger partial charge in [0.1, 0.15) is 6.10 Å². The van der Waals surface area contributed by atoms with E-state index in [2.05, 4.69) is 31.1 Å². The molecule has 1 saturated heterocycles. The summed E-state index contributed by atoms with van der Waals surface area (Å²) in [4.78, 5) is 4.29. The summed E-state index contributed by atoms with van der Waals surface area (Å²) in [5.74, 6) is 1.61. The molecule has 0 saturated carbocycles. The van der Waals surface area contributed by atoms with E-state index in [4.69, 9.17) is 9.15 Å². The molecule has 1 fully saturated rings. The third-order valence-electron chi connectivity index (χ3n) is 2.84. The number of hydrogen-bond donors (Lipinski definition) is 1.